The Morgan fingerprint density at radius 3 is 2.40 bits per heavy atom. The van der Waals surface area contributed by atoms with E-state index in [-0.39, 0.29) is 24.3 Å². The van der Waals surface area contributed by atoms with E-state index in [1.807, 2.05) is 54.6 Å². The maximum Gasteiger partial charge on any atom is 0.329 e. The van der Waals surface area contributed by atoms with Gasteiger partial charge in [-0.25, -0.2) is 4.79 Å². The van der Waals surface area contributed by atoms with Crippen molar-refractivity contribution in [2.45, 2.75) is 45.3 Å². The summed E-state index contributed by atoms with van der Waals surface area (Å²) in [5.41, 5.74) is 2.94. The summed E-state index contributed by atoms with van der Waals surface area (Å²) in [7, 11) is 0. The number of hydrogen-bond acceptors (Lipinski definition) is 5. The first kappa shape index (κ1) is 24.3. The molecule has 2 aromatic carbocycles. The van der Waals surface area contributed by atoms with Crippen molar-refractivity contribution in [1.82, 2.24) is 10.2 Å². The van der Waals surface area contributed by atoms with Crippen LogP contribution in [-0.2, 0) is 27.3 Å². The van der Waals surface area contributed by atoms with Gasteiger partial charge in [0.05, 0.1) is 12.3 Å². The smallest absolute Gasteiger partial charge is 0.329 e. The monoisotopic (exact) mass is 474 g/mol. The normalized spacial score (nSPS) is 15.9. The molecule has 35 heavy (non-hydrogen) atoms. The number of esters is 1. The van der Waals surface area contributed by atoms with Crippen LogP contribution in [0.2, 0.25) is 0 Å². The molecule has 0 bridgehead atoms. The molecule has 2 atom stereocenters. The third-order valence-corrected chi connectivity index (χ3v) is 6.10. The van der Waals surface area contributed by atoms with Crippen LogP contribution in [0.4, 0.5) is 0 Å². The van der Waals surface area contributed by atoms with Gasteiger partial charge in [-0.05, 0) is 41.2 Å². The van der Waals surface area contributed by atoms with E-state index < -0.39 is 24.5 Å². The van der Waals surface area contributed by atoms with Gasteiger partial charge in [0.25, 0.3) is 11.8 Å². The van der Waals surface area contributed by atoms with Crippen molar-refractivity contribution in [3.8, 4) is 0 Å². The quantitative estimate of drug-likeness (QED) is 0.492. The van der Waals surface area contributed by atoms with Gasteiger partial charge in [0.1, 0.15) is 6.04 Å². The standard InChI is InChI=1S/C28H30N2O5/c1-19(2)15-23(20-9-4-3-5-10-20)29-26(31)18-35-28(33)24-16-21-11-6-7-12-22(21)17-30(24)27(32)25-13-8-14-34-25/h3-14,19,23-24H,15-18H2,1-2H3,(H,29,31). The Morgan fingerprint density at radius 2 is 1.71 bits per heavy atom. The highest BCUT2D eigenvalue weighted by Crippen LogP contribution is 2.26. The van der Waals surface area contributed by atoms with E-state index in [9.17, 15) is 14.4 Å². The first-order valence-electron chi connectivity index (χ1n) is 11.8. The zero-order valence-electron chi connectivity index (χ0n) is 20.0. The van der Waals surface area contributed by atoms with Crippen LogP contribution < -0.4 is 5.32 Å². The van der Waals surface area contributed by atoms with Crippen LogP contribution in [0.1, 0.15) is 53.6 Å². The third kappa shape index (κ3) is 5.98. The van der Waals surface area contributed by atoms with Crippen LogP contribution in [0.5, 0.6) is 0 Å². The molecule has 7 nitrogen and oxygen atoms in total. The third-order valence-electron chi connectivity index (χ3n) is 6.10. The van der Waals surface area contributed by atoms with Crippen LogP contribution in [-0.4, -0.2) is 35.3 Å². The number of nitrogens with zero attached hydrogens (tertiary/aromatic N) is 1. The molecule has 2 heterocycles. The molecule has 182 valence electrons. The maximum atomic E-state index is 13.1. The fourth-order valence-electron chi connectivity index (χ4n) is 4.39. The van der Waals surface area contributed by atoms with E-state index in [0.29, 0.717) is 12.3 Å². The highest BCUT2D eigenvalue weighted by atomic mass is 16.5. The molecule has 0 aliphatic carbocycles. The second kappa shape index (κ2) is 11.0. The van der Waals surface area contributed by atoms with Crippen molar-refractivity contribution in [2.75, 3.05) is 6.61 Å². The van der Waals surface area contributed by atoms with Crippen LogP contribution in [0.15, 0.2) is 77.4 Å². The fraction of sp³-hybridized carbons (Fsp3) is 0.321. The molecule has 1 aliphatic rings. The van der Waals surface area contributed by atoms with E-state index in [0.717, 1.165) is 23.1 Å². The van der Waals surface area contributed by atoms with Crippen LogP contribution in [0, 0.1) is 5.92 Å². The van der Waals surface area contributed by atoms with Gasteiger partial charge in [-0.3, -0.25) is 9.59 Å². The summed E-state index contributed by atoms with van der Waals surface area (Å²) < 4.78 is 10.7. The summed E-state index contributed by atoms with van der Waals surface area (Å²) in [6.45, 7) is 4.02. The lowest BCUT2D eigenvalue weighted by atomic mass is 9.93. The number of ether oxygens (including phenoxy) is 1. The zero-order chi connectivity index (χ0) is 24.8. The Labute approximate surface area is 205 Å². The maximum absolute atomic E-state index is 13.1. The molecule has 2 unspecified atom stereocenters. The number of benzene rings is 2. The van der Waals surface area contributed by atoms with Gasteiger partial charge < -0.3 is 19.4 Å². The second-order valence-corrected chi connectivity index (χ2v) is 9.17. The lowest BCUT2D eigenvalue weighted by Gasteiger charge is -2.34. The Morgan fingerprint density at radius 1 is 1.00 bits per heavy atom. The van der Waals surface area contributed by atoms with E-state index >= 15 is 0 Å². The average molecular weight is 475 g/mol. The topological polar surface area (TPSA) is 88.9 Å². The van der Waals surface area contributed by atoms with Crippen molar-refractivity contribution in [3.05, 3.63) is 95.4 Å². The molecule has 1 N–H and O–H groups in total. The molecule has 1 aromatic heterocycles. The number of nitrogens with one attached hydrogen (secondary N) is 1. The first-order chi connectivity index (χ1) is 16.9. The van der Waals surface area contributed by atoms with E-state index in [4.69, 9.17) is 9.15 Å². The Kier molecular flexibility index (Phi) is 7.65. The van der Waals surface area contributed by atoms with Crippen LogP contribution >= 0.6 is 0 Å². The van der Waals surface area contributed by atoms with Gasteiger partial charge >= 0.3 is 5.97 Å². The Bertz CT molecular complexity index is 1160. The summed E-state index contributed by atoms with van der Waals surface area (Å²) >= 11 is 0. The first-order valence-corrected chi connectivity index (χ1v) is 11.8. The minimum Gasteiger partial charge on any atom is -0.459 e. The zero-order valence-corrected chi connectivity index (χ0v) is 20.0. The number of carbonyl (C=O) groups excluding carboxylic acids is 3. The predicted molar refractivity (Wildman–Crippen MR) is 130 cm³/mol. The molecular weight excluding hydrogens is 444 g/mol. The molecular formula is C28H30N2O5. The summed E-state index contributed by atoms with van der Waals surface area (Å²) in [5.74, 6) is -0.870. The van der Waals surface area contributed by atoms with Crippen LogP contribution in [0.3, 0.4) is 0 Å². The van der Waals surface area contributed by atoms with Crippen molar-refractivity contribution in [2.24, 2.45) is 5.92 Å². The van der Waals surface area contributed by atoms with Crippen LogP contribution in [0.25, 0.3) is 0 Å². The van der Waals surface area contributed by atoms with Gasteiger partial charge in [-0.2, -0.15) is 0 Å². The number of furan rings is 1. The van der Waals surface area contributed by atoms with Crippen molar-refractivity contribution in [1.29, 1.82) is 0 Å². The van der Waals surface area contributed by atoms with E-state index in [1.165, 1.54) is 11.2 Å². The van der Waals surface area contributed by atoms with Gasteiger partial charge in [0, 0.05) is 13.0 Å². The summed E-state index contributed by atoms with van der Waals surface area (Å²) in [6, 6.07) is 19.6. The minimum absolute atomic E-state index is 0.152. The number of fused-ring (bicyclic) bond motifs is 1. The van der Waals surface area contributed by atoms with Gasteiger partial charge in [0.15, 0.2) is 12.4 Å². The van der Waals surface area contributed by atoms with E-state index in [2.05, 4.69) is 19.2 Å². The average Bonchev–Trinajstić information content (AvgIpc) is 3.41. The highest BCUT2D eigenvalue weighted by Gasteiger charge is 2.37. The summed E-state index contributed by atoms with van der Waals surface area (Å²) in [5, 5.41) is 2.98. The Balaban J connectivity index is 1.44. The SMILES string of the molecule is CC(C)CC(NC(=O)COC(=O)C1Cc2ccccc2CN1C(=O)c1ccco1)c1ccccc1. The van der Waals surface area contributed by atoms with Crippen molar-refractivity contribution in [3.63, 3.8) is 0 Å². The minimum atomic E-state index is -0.851. The highest BCUT2D eigenvalue weighted by molar-refractivity contribution is 5.95. The lowest BCUT2D eigenvalue weighted by Crippen LogP contribution is -2.49. The van der Waals surface area contributed by atoms with Gasteiger partial charge in [-0.1, -0.05) is 68.4 Å². The predicted octanol–water partition coefficient (Wildman–Crippen LogP) is 4.29. The molecule has 0 radical (unpaired) electrons. The molecule has 3 aromatic rings. The summed E-state index contributed by atoms with van der Waals surface area (Å²) in [4.78, 5) is 40.3. The molecule has 0 spiro atoms. The number of rotatable bonds is 8. The molecule has 0 saturated heterocycles. The molecule has 4 rings (SSSR count). The summed E-state index contributed by atoms with van der Waals surface area (Å²) in [6.07, 6.45) is 2.49. The van der Waals surface area contributed by atoms with Crippen molar-refractivity contribution >= 4 is 17.8 Å². The molecule has 2 amide bonds. The molecule has 0 saturated carbocycles. The molecule has 7 heteroatoms. The van der Waals surface area contributed by atoms with Crippen molar-refractivity contribution < 1.29 is 23.5 Å². The molecule has 0 fully saturated rings. The number of amides is 2. The van der Waals surface area contributed by atoms with Gasteiger partial charge in [-0.15, -0.1) is 0 Å². The van der Waals surface area contributed by atoms with E-state index in [1.54, 1.807) is 12.1 Å². The number of hydrogen-bond donors (Lipinski definition) is 1. The largest absolute Gasteiger partial charge is 0.459 e. The lowest BCUT2D eigenvalue weighted by molar-refractivity contribution is -0.153. The molecule has 1 aliphatic heterocycles. The number of carbonyl (C=O) groups is 3. The Hall–Kier alpha value is -3.87. The van der Waals surface area contributed by atoms with Gasteiger partial charge in [0.2, 0.25) is 0 Å². The fourth-order valence-corrected chi connectivity index (χ4v) is 4.39. The second-order valence-electron chi connectivity index (χ2n) is 9.17.